The molecule has 0 N–H and O–H groups in total. The SMILES string of the molecule is [CH2]CC([Si](OCC)(OCC)OCC)([Si](OCC)(OCC)OCC)[Si](OCC)(OCC)OCC. The van der Waals surface area contributed by atoms with Crippen LogP contribution >= 0.6 is 0 Å². The lowest BCUT2D eigenvalue weighted by Crippen LogP contribution is -2.81. The molecule has 0 spiro atoms. The first-order chi connectivity index (χ1) is 15.9. The first-order valence-electron chi connectivity index (χ1n) is 12.4. The zero-order chi connectivity index (χ0) is 25.4. The summed E-state index contributed by atoms with van der Waals surface area (Å²) in [7, 11) is -11.3. The van der Waals surface area contributed by atoms with E-state index < -0.39 is 30.7 Å². The van der Waals surface area contributed by atoms with Gasteiger partial charge in [-0.2, -0.15) is 0 Å². The van der Waals surface area contributed by atoms with Crippen molar-refractivity contribution in [3.8, 4) is 0 Å². The van der Waals surface area contributed by atoms with Crippen molar-refractivity contribution in [2.45, 2.75) is 73.0 Å². The number of hydrogen-bond acceptors (Lipinski definition) is 9. The summed E-state index contributed by atoms with van der Waals surface area (Å²) in [5, 5.41) is 0. The molecule has 33 heavy (non-hydrogen) atoms. The third-order valence-electron chi connectivity index (χ3n) is 4.95. The van der Waals surface area contributed by atoms with Crippen molar-refractivity contribution in [1.82, 2.24) is 0 Å². The van der Waals surface area contributed by atoms with Gasteiger partial charge in [-0.15, -0.1) is 0 Å². The molecule has 0 rings (SSSR count). The van der Waals surface area contributed by atoms with E-state index in [1.807, 2.05) is 62.3 Å². The topological polar surface area (TPSA) is 83.1 Å². The maximum Gasteiger partial charge on any atom is 0.516 e. The largest absolute Gasteiger partial charge is 0.516 e. The minimum atomic E-state index is -3.76. The van der Waals surface area contributed by atoms with Crippen LogP contribution in [-0.4, -0.2) is 85.9 Å². The Morgan fingerprint density at radius 2 is 0.545 bits per heavy atom. The fraction of sp³-hybridized carbons (Fsp3) is 0.952. The van der Waals surface area contributed by atoms with Gasteiger partial charge in [0, 0.05) is 59.5 Å². The molecule has 0 atom stereocenters. The molecule has 0 aromatic heterocycles. The summed E-state index contributed by atoms with van der Waals surface area (Å²) < 4.78 is 57.3. The smallest absolute Gasteiger partial charge is 0.373 e. The Morgan fingerprint density at radius 1 is 0.394 bits per heavy atom. The van der Waals surface area contributed by atoms with Crippen LogP contribution < -0.4 is 0 Å². The molecule has 0 aliphatic carbocycles. The van der Waals surface area contributed by atoms with Crippen molar-refractivity contribution in [3.05, 3.63) is 6.92 Å². The standard InChI is InChI=1S/C21H49O9Si3/c1-11-21(31(22-12-2,23-13-3)24-14-4,32(25-15-5,26-16-6)27-17-7)33(28-18-8,29-19-9)30-20-10/h1,11-20H2,2-10H3. The highest BCUT2D eigenvalue weighted by Crippen LogP contribution is 2.59. The van der Waals surface area contributed by atoms with E-state index in [2.05, 4.69) is 6.92 Å². The van der Waals surface area contributed by atoms with Crippen molar-refractivity contribution < 1.29 is 39.8 Å². The van der Waals surface area contributed by atoms with Crippen LogP contribution in [0.1, 0.15) is 68.7 Å². The highest BCUT2D eigenvalue weighted by molar-refractivity contribution is 7.02. The average Bonchev–Trinajstić information content (AvgIpc) is 2.76. The molecule has 0 amide bonds. The van der Waals surface area contributed by atoms with Crippen LogP contribution in [-0.2, 0) is 39.8 Å². The lowest BCUT2D eigenvalue weighted by molar-refractivity contribution is -0.0103. The van der Waals surface area contributed by atoms with Crippen molar-refractivity contribution in [3.63, 3.8) is 0 Å². The molecule has 9 nitrogen and oxygen atoms in total. The van der Waals surface area contributed by atoms with Crippen LogP contribution in [0.25, 0.3) is 0 Å². The summed E-state index contributed by atoms with van der Waals surface area (Å²) in [6, 6.07) is 0. The third-order valence-corrected chi connectivity index (χ3v) is 20.4. The molecule has 0 aliphatic heterocycles. The van der Waals surface area contributed by atoms with Gasteiger partial charge in [-0.25, -0.2) is 0 Å². The van der Waals surface area contributed by atoms with Gasteiger partial charge in [0.05, 0.1) is 0 Å². The van der Waals surface area contributed by atoms with Crippen molar-refractivity contribution in [1.29, 1.82) is 0 Å². The molecule has 199 valence electrons. The Bertz CT molecular complexity index is 384. The van der Waals surface area contributed by atoms with Gasteiger partial charge in [0.2, 0.25) is 0 Å². The van der Waals surface area contributed by atoms with Crippen LogP contribution in [0.3, 0.4) is 0 Å². The van der Waals surface area contributed by atoms with Gasteiger partial charge in [0.1, 0.15) is 0 Å². The second-order valence-corrected chi connectivity index (χ2v) is 16.7. The van der Waals surface area contributed by atoms with Gasteiger partial charge < -0.3 is 39.8 Å². The Morgan fingerprint density at radius 3 is 0.636 bits per heavy atom. The summed E-state index contributed by atoms with van der Waals surface area (Å²) in [5.41, 5.74) is 0. The molecule has 0 aliphatic rings. The van der Waals surface area contributed by atoms with Gasteiger partial charge in [-0.05, 0) is 68.7 Å². The second kappa shape index (κ2) is 16.9. The van der Waals surface area contributed by atoms with E-state index in [-0.39, 0.29) is 6.42 Å². The first kappa shape index (κ1) is 33.3. The predicted molar refractivity (Wildman–Crippen MR) is 135 cm³/mol. The van der Waals surface area contributed by atoms with Crippen molar-refractivity contribution in [2.24, 2.45) is 0 Å². The van der Waals surface area contributed by atoms with Crippen LogP contribution in [0, 0.1) is 6.92 Å². The maximum absolute atomic E-state index is 6.50. The van der Waals surface area contributed by atoms with E-state index >= 15 is 0 Å². The lowest BCUT2D eigenvalue weighted by atomic mass is 10.5. The first-order valence-corrected chi connectivity index (χ1v) is 17.6. The van der Waals surface area contributed by atoms with Crippen molar-refractivity contribution in [2.75, 3.05) is 59.5 Å². The molecular weight excluding hydrogens is 480 g/mol. The molecule has 0 aromatic carbocycles. The minimum absolute atomic E-state index is 0.206. The van der Waals surface area contributed by atoms with Crippen LogP contribution in [0.5, 0.6) is 0 Å². The lowest BCUT2D eigenvalue weighted by Gasteiger charge is -2.55. The van der Waals surface area contributed by atoms with E-state index in [1.165, 1.54) is 0 Å². The molecule has 0 bridgehead atoms. The second-order valence-electron chi connectivity index (χ2n) is 6.72. The Kier molecular flexibility index (Phi) is 17.0. The van der Waals surface area contributed by atoms with Crippen molar-refractivity contribution >= 4 is 26.4 Å². The molecule has 0 heterocycles. The van der Waals surface area contributed by atoms with Gasteiger partial charge in [0.25, 0.3) is 0 Å². The Labute approximate surface area is 205 Å². The molecule has 0 unspecified atom stereocenters. The summed E-state index contributed by atoms with van der Waals surface area (Å²) in [5.74, 6) is 0. The Balaban J connectivity index is 7.88. The van der Waals surface area contributed by atoms with Crippen LogP contribution in [0.2, 0.25) is 4.28 Å². The average molecular weight is 530 g/mol. The quantitative estimate of drug-likeness (QED) is 0.192. The minimum Gasteiger partial charge on any atom is -0.373 e. The third kappa shape index (κ3) is 6.74. The normalized spacial score (nSPS) is 13.6. The number of hydrogen-bond donors (Lipinski definition) is 0. The summed E-state index contributed by atoms with van der Waals surface area (Å²) in [6.45, 7) is 24.6. The maximum atomic E-state index is 6.50. The van der Waals surface area contributed by atoms with E-state index in [0.29, 0.717) is 59.5 Å². The number of rotatable bonds is 22. The van der Waals surface area contributed by atoms with Gasteiger partial charge in [-0.3, -0.25) is 0 Å². The van der Waals surface area contributed by atoms with Gasteiger partial charge in [0.15, 0.2) is 4.28 Å². The van der Waals surface area contributed by atoms with Crippen LogP contribution in [0.4, 0.5) is 0 Å². The fourth-order valence-electron chi connectivity index (χ4n) is 4.22. The van der Waals surface area contributed by atoms with E-state index in [9.17, 15) is 0 Å². The molecule has 0 aromatic rings. The fourth-order valence-corrected chi connectivity index (χ4v) is 19.9. The molecular formula is C21H49O9Si3. The highest BCUT2D eigenvalue weighted by Gasteiger charge is 2.88. The van der Waals surface area contributed by atoms with E-state index in [1.54, 1.807) is 0 Å². The van der Waals surface area contributed by atoms with Gasteiger partial charge in [-0.1, -0.05) is 6.92 Å². The summed E-state index contributed by atoms with van der Waals surface area (Å²) in [6.07, 6.45) is 0.206. The molecule has 1 radical (unpaired) electrons. The Hall–Kier alpha value is 0.291. The monoisotopic (exact) mass is 529 g/mol. The van der Waals surface area contributed by atoms with Gasteiger partial charge >= 0.3 is 26.4 Å². The summed E-state index contributed by atoms with van der Waals surface area (Å²) in [4.78, 5) is 0. The molecule has 0 saturated heterocycles. The summed E-state index contributed by atoms with van der Waals surface area (Å²) >= 11 is 0. The van der Waals surface area contributed by atoms with Crippen LogP contribution in [0.15, 0.2) is 0 Å². The molecule has 0 saturated carbocycles. The van der Waals surface area contributed by atoms with E-state index in [4.69, 9.17) is 39.8 Å². The molecule has 12 heteroatoms. The zero-order valence-electron chi connectivity index (χ0n) is 22.5. The zero-order valence-corrected chi connectivity index (χ0v) is 25.5. The van der Waals surface area contributed by atoms with E-state index in [0.717, 1.165) is 0 Å². The highest BCUT2D eigenvalue weighted by atomic mass is 28.5. The molecule has 0 fully saturated rings. The predicted octanol–water partition coefficient (Wildman–Crippen LogP) is 4.17.